The van der Waals surface area contributed by atoms with Crippen molar-refractivity contribution in [3.8, 4) is 0 Å². The Bertz CT molecular complexity index is 526. The van der Waals surface area contributed by atoms with E-state index in [1.165, 1.54) is 31.7 Å². The Morgan fingerprint density at radius 2 is 1.83 bits per heavy atom. The van der Waals surface area contributed by atoms with Gasteiger partial charge in [-0.05, 0) is 74.4 Å². The lowest BCUT2D eigenvalue weighted by Gasteiger charge is -2.23. The molecule has 1 saturated heterocycles. The second-order valence-electron chi connectivity index (χ2n) is 6.66. The van der Waals surface area contributed by atoms with Crippen molar-refractivity contribution in [2.75, 3.05) is 19.6 Å². The molecule has 1 aliphatic carbocycles. The van der Waals surface area contributed by atoms with E-state index in [-0.39, 0.29) is 24.1 Å². The fraction of sp³-hybridized carbons (Fsp3) is 0.611. The van der Waals surface area contributed by atoms with E-state index in [0.717, 1.165) is 38.0 Å². The summed E-state index contributed by atoms with van der Waals surface area (Å²) in [5.41, 5.74) is 1.43. The first-order valence-corrected chi connectivity index (χ1v) is 8.52. The van der Waals surface area contributed by atoms with Crippen LogP contribution in [0, 0.1) is 11.7 Å². The molecule has 23 heavy (non-hydrogen) atoms. The Morgan fingerprint density at radius 1 is 1.13 bits per heavy atom. The molecular weight excluding hydrogens is 315 g/mol. The summed E-state index contributed by atoms with van der Waals surface area (Å²) in [6.07, 6.45) is 6.94. The van der Waals surface area contributed by atoms with Gasteiger partial charge < -0.3 is 10.6 Å². The first-order valence-electron chi connectivity index (χ1n) is 8.52. The average molecular weight is 341 g/mol. The minimum atomic E-state index is -0.304. The predicted molar refractivity (Wildman–Crippen MR) is 92.8 cm³/mol. The number of hydrogen-bond acceptors (Lipinski definition) is 2. The Labute approximate surface area is 143 Å². The predicted octanol–water partition coefficient (Wildman–Crippen LogP) is 3.63. The molecule has 1 heterocycles. The lowest BCUT2D eigenvalue weighted by atomic mass is 9.89. The summed E-state index contributed by atoms with van der Waals surface area (Å²) in [5, 5.41) is 6.30. The normalized spacial score (nSPS) is 19.3. The third-order valence-electron chi connectivity index (χ3n) is 5.02. The molecule has 0 aromatic heterocycles. The first kappa shape index (κ1) is 18.2. The third kappa shape index (κ3) is 4.92. The Hall–Kier alpha value is -1.13. The Kier molecular flexibility index (Phi) is 6.85. The number of carbonyl (C=O) groups excluding carboxylic acids is 1. The fourth-order valence-corrected chi connectivity index (χ4v) is 3.69. The number of carbonyl (C=O) groups is 1. The van der Waals surface area contributed by atoms with Crippen LogP contribution in [-0.2, 0) is 0 Å². The summed E-state index contributed by atoms with van der Waals surface area (Å²) in [6, 6.07) is 4.82. The van der Waals surface area contributed by atoms with Gasteiger partial charge in [0.2, 0.25) is 0 Å². The highest BCUT2D eigenvalue weighted by atomic mass is 35.5. The van der Waals surface area contributed by atoms with Crippen molar-refractivity contribution in [1.29, 1.82) is 0 Å². The summed E-state index contributed by atoms with van der Waals surface area (Å²) < 4.78 is 13.9. The maximum absolute atomic E-state index is 13.9. The topological polar surface area (TPSA) is 41.1 Å². The molecule has 1 aromatic rings. The highest BCUT2D eigenvalue weighted by Crippen LogP contribution is 2.27. The van der Waals surface area contributed by atoms with Crippen molar-refractivity contribution in [1.82, 2.24) is 10.6 Å². The molecule has 0 bridgehead atoms. The van der Waals surface area contributed by atoms with Crippen molar-refractivity contribution >= 4 is 18.3 Å². The van der Waals surface area contributed by atoms with Crippen LogP contribution in [0.2, 0.25) is 0 Å². The van der Waals surface area contributed by atoms with Gasteiger partial charge >= 0.3 is 0 Å². The van der Waals surface area contributed by atoms with E-state index >= 15 is 0 Å². The fourth-order valence-electron chi connectivity index (χ4n) is 3.69. The largest absolute Gasteiger partial charge is 0.352 e. The van der Waals surface area contributed by atoms with Crippen molar-refractivity contribution in [2.24, 2.45) is 5.92 Å². The van der Waals surface area contributed by atoms with E-state index < -0.39 is 0 Å². The van der Waals surface area contributed by atoms with Gasteiger partial charge in [0, 0.05) is 12.1 Å². The lowest BCUT2D eigenvalue weighted by molar-refractivity contribution is 0.0947. The molecule has 0 unspecified atom stereocenters. The van der Waals surface area contributed by atoms with Crippen molar-refractivity contribution in [2.45, 2.75) is 44.4 Å². The summed E-state index contributed by atoms with van der Waals surface area (Å²) in [4.78, 5) is 12.3. The summed E-state index contributed by atoms with van der Waals surface area (Å²) in [6.45, 7) is 2.65. The number of hydrogen-bond donors (Lipinski definition) is 2. The molecule has 2 aliphatic rings. The van der Waals surface area contributed by atoms with Crippen LogP contribution in [0.5, 0.6) is 0 Å². The molecule has 0 spiro atoms. The monoisotopic (exact) mass is 340 g/mol. The van der Waals surface area contributed by atoms with Crippen LogP contribution in [-0.4, -0.2) is 25.5 Å². The molecule has 2 fully saturated rings. The molecule has 1 amide bonds. The molecule has 128 valence electrons. The Morgan fingerprint density at radius 3 is 2.52 bits per heavy atom. The van der Waals surface area contributed by atoms with E-state index in [1.54, 1.807) is 6.07 Å². The molecule has 3 nitrogen and oxygen atoms in total. The zero-order valence-corrected chi connectivity index (χ0v) is 14.3. The van der Waals surface area contributed by atoms with Crippen LogP contribution < -0.4 is 10.6 Å². The number of nitrogens with one attached hydrogen (secondary N) is 2. The Balaban J connectivity index is 0.00000192. The molecule has 0 atom stereocenters. The van der Waals surface area contributed by atoms with Crippen LogP contribution in [0.25, 0.3) is 0 Å². The van der Waals surface area contributed by atoms with Gasteiger partial charge in [-0.15, -0.1) is 12.4 Å². The number of rotatable bonds is 4. The van der Waals surface area contributed by atoms with Crippen molar-refractivity contribution in [3.63, 3.8) is 0 Å². The second kappa shape index (κ2) is 8.65. The van der Waals surface area contributed by atoms with Crippen LogP contribution in [0.4, 0.5) is 4.39 Å². The van der Waals surface area contributed by atoms with E-state index in [4.69, 9.17) is 0 Å². The summed E-state index contributed by atoms with van der Waals surface area (Å²) in [5.74, 6) is 0.517. The molecule has 5 heteroatoms. The van der Waals surface area contributed by atoms with E-state index in [0.29, 0.717) is 17.4 Å². The minimum Gasteiger partial charge on any atom is -0.352 e. The van der Waals surface area contributed by atoms with Gasteiger partial charge in [0.15, 0.2) is 0 Å². The second-order valence-corrected chi connectivity index (χ2v) is 6.66. The first-order chi connectivity index (χ1) is 10.7. The van der Waals surface area contributed by atoms with Gasteiger partial charge in [-0.1, -0.05) is 12.8 Å². The van der Waals surface area contributed by atoms with E-state index in [2.05, 4.69) is 10.6 Å². The van der Waals surface area contributed by atoms with E-state index in [1.807, 2.05) is 6.07 Å². The van der Waals surface area contributed by atoms with Crippen molar-refractivity contribution in [3.05, 3.63) is 35.1 Å². The van der Waals surface area contributed by atoms with E-state index in [9.17, 15) is 9.18 Å². The summed E-state index contributed by atoms with van der Waals surface area (Å²) in [7, 11) is 0. The maximum atomic E-state index is 13.9. The quantitative estimate of drug-likeness (QED) is 0.878. The zero-order chi connectivity index (χ0) is 15.4. The van der Waals surface area contributed by atoms with Gasteiger partial charge in [-0.3, -0.25) is 4.79 Å². The lowest BCUT2D eigenvalue weighted by Crippen LogP contribution is -2.29. The zero-order valence-electron chi connectivity index (χ0n) is 13.4. The molecule has 0 radical (unpaired) electrons. The van der Waals surface area contributed by atoms with Gasteiger partial charge in [0.1, 0.15) is 5.82 Å². The number of halogens is 2. The third-order valence-corrected chi connectivity index (χ3v) is 5.02. The van der Waals surface area contributed by atoms with Gasteiger partial charge in [0.25, 0.3) is 5.91 Å². The van der Waals surface area contributed by atoms with Crippen LogP contribution in [0.1, 0.15) is 60.4 Å². The maximum Gasteiger partial charge on any atom is 0.251 e. The smallest absolute Gasteiger partial charge is 0.251 e. The molecule has 1 aliphatic heterocycles. The van der Waals surface area contributed by atoms with Crippen LogP contribution in [0.15, 0.2) is 18.2 Å². The van der Waals surface area contributed by atoms with Crippen LogP contribution in [0.3, 0.4) is 0 Å². The van der Waals surface area contributed by atoms with Gasteiger partial charge in [-0.2, -0.15) is 0 Å². The number of piperidine rings is 1. The highest BCUT2D eigenvalue weighted by Gasteiger charge is 2.19. The molecule has 3 rings (SSSR count). The molecule has 1 aromatic carbocycles. The number of benzene rings is 1. The molecular formula is C18H26ClFN2O. The standard InChI is InChI=1S/C18H25FN2O.ClH/c19-17-10-15(14-5-7-20-8-6-14)9-16(11-17)18(22)21-12-13-3-1-2-4-13;/h9-11,13-14,20H,1-8,12H2,(H,21,22);1H. The number of amides is 1. The SMILES string of the molecule is Cl.O=C(NCC1CCCC1)c1cc(F)cc(C2CCNCC2)c1. The van der Waals surface area contributed by atoms with Crippen LogP contribution >= 0.6 is 12.4 Å². The summed E-state index contributed by atoms with van der Waals surface area (Å²) >= 11 is 0. The highest BCUT2D eigenvalue weighted by molar-refractivity contribution is 5.94. The molecule has 2 N–H and O–H groups in total. The van der Waals surface area contributed by atoms with Gasteiger partial charge in [-0.25, -0.2) is 4.39 Å². The van der Waals surface area contributed by atoms with Crippen molar-refractivity contribution < 1.29 is 9.18 Å². The van der Waals surface area contributed by atoms with Gasteiger partial charge in [0.05, 0.1) is 0 Å². The molecule has 1 saturated carbocycles. The minimum absolute atomic E-state index is 0. The average Bonchev–Trinajstić information content (AvgIpc) is 3.06.